The fraction of sp³-hybridized carbons (Fsp3) is 0.778. The number of carbonyl (C=O) groups is 2. The summed E-state index contributed by atoms with van der Waals surface area (Å²) in [6.45, 7) is 2.63. The molecule has 0 N–H and O–H groups in total. The molecule has 1 aliphatic heterocycles. The zero-order valence-corrected chi connectivity index (χ0v) is 8.51. The molecule has 1 amide bonds. The third-order valence-corrected chi connectivity index (χ3v) is 2.55. The Morgan fingerprint density at radius 1 is 1.54 bits per heavy atom. The van der Waals surface area contributed by atoms with Crippen LogP contribution in [0.2, 0.25) is 0 Å². The van der Waals surface area contributed by atoms with Gasteiger partial charge in [-0.3, -0.25) is 9.59 Å². The predicted octanol–water partition coefficient (Wildman–Crippen LogP) is 1.54. The maximum atomic E-state index is 11.5. The molecule has 0 unspecified atom stereocenters. The molecule has 4 heteroatoms. The Hall–Kier alpha value is -0.570. The molecule has 0 saturated carbocycles. The van der Waals surface area contributed by atoms with Gasteiger partial charge in [0.2, 0.25) is 11.1 Å². The van der Waals surface area contributed by atoms with Crippen LogP contribution in [0.4, 0.5) is 0 Å². The average molecular weight is 204 g/mol. The van der Waals surface area contributed by atoms with E-state index >= 15 is 0 Å². The molecule has 0 aromatic carbocycles. The second-order valence-corrected chi connectivity index (χ2v) is 3.67. The third-order valence-electron chi connectivity index (χ3n) is 2.30. The van der Waals surface area contributed by atoms with E-state index in [-0.39, 0.29) is 11.9 Å². The summed E-state index contributed by atoms with van der Waals surface area (Å²) in [4.78, 5) is 24.0. The number of rotatable bonds is 3. The fourth-order valence-electron chi connectivity index (χ4n) is 1.66. The summed E-state index contributed by atoms with van der Waals surface area (Å²) in [6, 6.07) is -0.360. The van der Waals surface area contributed by atoms with Gasteiger partial charge in [0, 0.05) is 13.0 Å². The highest BCUT2D eigenvalue weighted by Gasteiger charge is 2.32. The van der Waals surface area contributed by atoms with E-state index in [2.05, 4.69) is 0 Å². The van der Waals surface area contributed by atoms with Gasteiger partial charge in [-0.2, -0.15) is 0 Å². The van der Waals surface area contributed by atoms with E-state index < -0.39 is 5.24 Å². The molecule has 13 heavy (non-hydrogen) atoms. The van der Waals surface area contributed by atoms with Crippen LogP contribution >= 0.6 is 11.6 Å². The Labute approximate surface area is 83.0 Å². The Morgan fingerprint density at radius 2 is 2.23 bits per heavy atom. The van der Waals surface area contributed by atoms with Crippen LogP contribution in [0.3, 0.4) is 0 Å². The van der Waals surface area contributed by atoms with Gasteiger partial charge in [0.05, 0.1) is 0 Å². The van der Waals surface area contributed by atoms with Crippen molar-refractivity contribution in [1.29, 1.82) is 0 Å². The van der Waals surface area contributed by atoms with Gasteiger partial charge in [0.15, 0.2) is 0 Å². The van der Waals surface area contributed by atoms with Crippen molar-refractivity contribution in [2.45, 2.75) is 38.6 Å². The minimum absolute atomic E-state index is 0.0546. The number of likely N-dealkylation sites (tertiary alicyclic amines) is 1. The van der Waals surface area contributed by atoms with Crippen molar-refractivity contribution in [3.8, 4) is 0 Å². The summed E-state index contributed by atoms with van der Waals surface area (Å²) in [6.07, 6.45) is 2.94. The van der Waals surface area contributed by atoms with Crippen LogP contribution in [0, 0.1) is 0 Å². The van der Waals surface area contributed by atoms with Crippen LogP contribution < -0.4 is 0 Å². The Kier molecular flexibility index (Phi) is 3.72. The van der Waals surface area contributed by atoms with Gasteiger partial charge >= 0.3 is 0 Å². The fourth-order valence-corrected chi connectivity index (χ4v) is 1.89. The molecule has 1 atom stereocenters. The first-order chi connectivity index (χ1) is 6.16. The number of amides is 1. The second-order valence-electron chi connectivity index (χ2n) is 3.30. The largest absolute Gasteiger partial charge is 0.331 e. The average Bonchev–Trinajstić information content (AvgIpc) is 2.52. The highest BCUT2D eigenvalue weighted by Crippen LogP contribution is 2.20. The van der Waals surface area contributed by atoms with E-state index in [1.54, 1.807) is 4.90 Å². The SMILES string of the molecule is CCCC(=O)N1CCC[C@H]1C(=O)Cl. The van der Waals surface area contributed by atoms with E-state index in [1.165, 1.54) is 0 Å². The van der Waals surface area contributed by atoms with Crippen molar-refractivity contribution >= 4 is 22.8 Å². The van der Waals surface area contributed by atoms with Gasteiger partial charge in [-0.15, -0.1) is 0 Å². The lowest BCUT2D eigenvalue weighted by molar-refractivity contribution is -0.135. The zero-order chi connectivity index (χ0) is 9.84. The smallest absolute Gasteiger partial charge is 0.244 e. The molecule has 3 nitrogen and oxygen atoms in total. The highest BCUT2D eigenvalue weighted by molar-refractivity contribution is 6.64. The van der Waals surface area contributed by atoms with E-state index in [4.69, 9.17) is 11.6 Å². The van der Waals surface area contributed by atoms with E-state index in [0.717, 1.165) is 19.3 Å². The molecular weight excluding hydrogens is 190 g/mol. The molecule has 0 aromatic rings. The van der Waals surface area contributed by atoms with Gasteiger partial charge in [-0.1, -0.05) is 6.92 Å². The number of nitrogens with zero attached hydrogens (tertiary/aromatic N) is 1. The molecule has 1 saturated heterocycles. The first-order valence-electron chi connectivity index (χ1n) is 4.65. The van der Waals surface area contributed by atoms with Gasteiger partial charge in [0.1, 0.15) is 6.04 Å². The van der Waals surface area contributed by atoms with Gasteiger partial charge in [-0.05, 0) is 30.9 Å². The molecule has 1 heterocycles. The third kappa shape index (κ3) is 2.44. The number of carbonyl (C=O) groups excluding carboxylic acids is 2. The standard InChI is InChI=1S/C9H14ClNO2/c1-2-4-8(12)11-6-3-5-7(11)9(10)13/h7H,2-6H2,1H3/t7-/m0/s1. The van der Waals surface area contributed by atoms with Crippen molar-refractivity contribution in [1.82, 2.24) is 4.90 Å². The van der Waals surface area contributed by atoms with E-state index in [1.807, 2.05) is 6.92 Å². The summed E-state index contributed by atoms with van der Waals surface area (Å²) in [5, 5.41) is -0.401. The topological polar surface area (TPSA) is 37.4 Å². The first-order valence-corrected chi connectivity index (χ1v) is 5.03. The highest BCUT2D eigenvalue weighted by atomic mass is 35.5. The summed E-state index contributed by atoms with van der Waals surface area (Å²) in [7, 11) is 0. The Morgan fingerprint density at radius 3 is 2.77 bits per heavy atom. The first kappa shape index (κ1) is 10.5. The minimum Gasteiger partial charge on any atom is -0.331 e. The molecule has 0 aromatic heterocycles. The van der Waals surface area contributed by atoms with Crippen molar-refractivity contribution in [2.75, 3.05) is 6.54 Å². The summed E-state index contributed by atoms with van der Waals surface area (Å²) in [5.74, 6) is 0.0546. The lowest BCUT2D eigenvalue weighted by Gasteiger charge is -2.21. The van der Waals surface area contributed by atoms with Crippen LogP contribution in [0.15, 0.2) is 0 Å². The van der Waals surface area contributed by atoms with Gasteiger partial charge in [-0.25, -0.2) is 0 Å². The van der Waals surface area contributed by atoms with Crippen LogP contribution in [-0.4, -0.2) is 28.6 Å². The lowest BCUT2D eigenvalue weighted by atomic mass is 10.2. The Bertz CT molecular complexity index is 218. The van der Waals surface area contributed by atoms with Crippen molar-refractivity contribution in [3.05, 3.63) is 0 Å². The normalized spacial score (nSPS) is 22.0. The number of hydrogen-bond acceptors (Lipinski definition) is 2. The molecule has 1 aliphatic rings. The van der Waals surface area contributed by atoms with Crippen molar-refractivity contribution in [2.24, 2.45) is 0 Å². The van der Waals surface area contributed by atoms with Crippen molar-refractivity contribution in [3.63, 3.8) is 0 Å². The quantitative estimate of drug-likeness (QED) is 0.653. The molecule has 1 rings (SSSR count). The molecule has 74 valence electrons. The predicted molar refractivity (Wildman–Crippen MR) is 50.5 cm³/mol. The molecule has 0 bridgehead atoms. The molecule has 0 spiro atoms. The van der Waals surface area contributed by atoms with Crippen LogP contribution in [0.1, 0.15) is 32.6 Å². The number of hydrogen-bond donors (Lipinski definition) is 0. The maximum absolute atomic E-state index is 11.5. The number of halogens is 1. The summed E-state index contributed by atoms with van der Waals surface area (Å²) >= 11 is 5.39. The Balaban J connectivity index is 2.57. The van der Waals surface area contributed by atoms with E-state index in [9.17, 15) is 9.59 Å². The minimum atomic E-state index is -0.401. The maximum Gasteiger partial charge on any atom is 0.244 e. The molecule has 1 fully saturated rings. The van der Waals surface area contributed by atoms with Gasteiger partial charge < -0.3 is 4.90 Å². The molecular formula is C9H14ClNO2. The van der Waals surface area contributed by atoms with Crippen LogP contribution in [0.25, 0.3) is 0 Å². The monoisotopic (exact) mass is 203 g/mol. The van der Waals surface area contributed by atoms with E-state index in [0.29, 0.717) is 13.0 Å². The van der Waals surface area contributed by atoms with Crippen LogP contribution in [-0.2, 0) is 9.59 Å². The zero-order valence-electron chi connectivity index (χ0n) is 7.75. The molecule has 0 radical (unpaired) electrons. The summed E-state index contributed by atoms with van der Waals surface area (Å²) < 4.78 is 0. The lowest BCUT2D eigenvalue weighted by Crippen LogP contribution is -2.38. The summed E-state index contributed by atoms with van der Waals surface area (Å²) in [5.41, 5.74) is 0. The van der Waals surface area contributed by atoms with Crippen LogP contribution in [0.5, 0.6) is 0 Å². The van der Waals surface area contributed by atoms with Crippen molar-refractivity contribution < 1.29 is 9.59 Å². The molecule has 0 aliphatic carbocycles. The second kappa shape index (κ2) is 4.61. The van der Waals surface area contributed by atoms with Gasteiger partial charge in [0.25, 0.3) is 0 Å².